The van der Waals surface area contributed by atoms with Crippen LogP contribution in [0.5, 0.6) is 11.5 Å². The minimum Gasteiger partial charge on any atom is -0.456 e. The number of fused-ring (bicyclic) bond motifs is 1. The lowest BCUT2D eigenvalue weighted by Gasteiger charge is -2.17. The molecule has 4 nitrogen and oxygen atoms in total. The second-order valence-electron chi connectivity index (χ2n) is 5.60. The predicted molar refractivity (Wildman–Crippen MR) is 87.6 cm³/mol. The molecule has 3 aromatic rings. The van der Waals surface area contributed by atoms with Crippen LogP contribution >= 0.6 is 0 Å². The number of pyridine rings is 1. The molecule has 2 heterocycles. The number of nitrogens with zero attached hydrogens (tertiary/aromatic N) is 2. The second kappa shape index (κ2) is 5.98. The molecule has 0 saturated heterocycles. The molecule has 1 aliphatic heterocycles. The average Bonchev–Trinajstić information content (AvgIpc) is 2.93. The number of halogens is 2. The van der Waals surface area contributed by atoms with E-state index in [0.717, 1.165) is 0 Å². The van der Waals surface area contributed by atoms with Gasteiger partial charge in [0.05, 0.1) is 24.0 Å². The quantitative estimate of drug-likeness (QED) is 0.714. The Morgan fingerprint density at radius 1 is 1.04 bits per heavy atom. The maximum Gasteiger partial charge on any atom is 0.261 e. The number of amides is 1. The molecule has 0 saturated carbocycles. The molecule has 124 valence electrons. The zero-order valence-corrected chi connectivity index (χ0v) is 12.9. The highest BCUT2D eigenvalue weighted by molar-refractivity contribution is 6.10. The smallest absolute Gasteiger partial charge is 0.261 e. The molecule has 0 fully saturated rings. The molecule has 1 amide bonds. The Morgan fingerprint density at radius 2 is 1.92 bits per heavy atom. The summed E-state index contributed by atoms with van der Waals surface area (Å²) in [6.45, 7) is 0.182. The molecule has 0 unspecified atom stereocenters. The summed E-state index contributed by atoms with van der Waals surface area (Å²) in [5.41, 5.74) is 0.907. The molecular formula is C19H12F2N2O2. The van der Waals surface area contributed by atoms with Crippen LogP contribution in [0.2, 0.25) is 0 Å². The van der Waals surface area contributed by atoms with Gasteiger partial charge in [0.2, 0.25) is 0 Å². The van der Waals surface area contributed by atoms with Crippen molar-refractivity contribution in [1.82, 2.24) is 4.98 Å². The molecular weight excluding hydrogens is 326 g/mol. The van der Waals surface area contributed by atoms with Crippen LogP contribution in [0, 0.1) is 11.6 Å². The fourth-order valence-corrected chi connectivity index (χ4v) is 2.83. The van der Waals surface area contributed by atoms with Crippen molar-refractivity contribution in [2.24, 2.45) is 0 Å². The molecule has 25 heavy (non-hydrogen) atoms. The van der Waals surface area contributed by atoms with E-state index in [1.807, 2.05) is 0 Å². The maximum absolute atomic E-state index is 14.0. The Labute approximate surface area is 142 Å². The van der Waals surface area contributed by atoms with Crippen molar-refractivity contribution in [2.75, 3.05) is 4.90 Å². The highest BCUT2D eigenvalue weighted by atomic mass is 19.1. The number of carbonyl (C=O) groups is 1. The molecule has 4 rings (SSSR count). The third-order valence-corrected chi connectivity index (χ3v) is 3.93. The molecule has 0 bridgehead atoms. The molecule has 0 radical (unpaired) electrons. The van der Waals surface area contributed by atoms with Gasteiger partial charge in [0, 0.05) is 18.3 Å². The fraction of sp³-hybridized carbons (Fsp3) is 0.0526. The Kier molecular flexibility index (Phi) is 3.65. The van der Waals surface area contributed by atoms with Gasteiger partial charge < -0.3 is 9.64 Å². The van der Waals surface area contributed by atoms with Gasteiger partial charge in [0.25, 0.3) is 5.91 Å². The summed E-state index contributed by atoms with van der Waals surface area (Å²) in [5.74, 6) is -0.951. The summed E-state index contributed by atoms with van der Waals surface area (Å²) < 4.78 is 33.5. The van der Waals surface area contributed by atoms with Crippen LogP contribution in [0.1, 0.15) is 15.9 Å². The lowest BCUT2D eigenvalue weighted by molar-refractivity contribution is 0.0993. The number of hydrogen-bond acceptors (Lipinski definition) is 3. The van der Waals surface area contributed by atoms with Gasteiger partial charge in [-0.15, -0.1) is 0 Å². The summed E-state index contributed by atoms with van der Waals surface area (Å²) in [5, 5.41) is 0. The van der Waals surface area contributed by atoms with Crippen molar-refractivity contribution in [3.05, 3.63) is 83.7 Å². The van der Waals surface area contributed by atoms with E-state index in [9.17, 15) is 13.6 Å². The summed E-state index contributed by atoms with van der Waals surface area (Å²) in [6.07, 6.45) is 3.09. The van der Waals surface area contributed by atoms with Crippen molar-refractivity contribution >= 4 is 11.6 Å². The molecule has 1 aromatic heterocycles. The van der Waals surface area contributed by atoms with Crippen LogP contribution < -0.4 is 9.64 Å². The summed E-state index contributed by atoms with van der Waals surface area (Å²) in [4.78, 5) is 17.8. The van der Waals surface area contributed by atoms with Gasteiger partial charge in [0.1, 0.15) is 23.1 Å². The molecule has 1 aliphatic rings. The Bertz CT molecular complexity index is 961. The summed E-state index contributed by atoms with van der Waals surface area (Å²) in [6, 6.07) is 11.8. The number of benzene rings is 2. The van der Waals surface area contributed by atoms with Gasteiger partial charge in [-0.2, -0.15) is 0 Å². The number of ether oxygens (including phenoxy) is 1. The Morgan fingerprint density at radius 3 is 2.68 bits per heavy atom. The van der Waals surface area contributed by atoms with Gasteiger partial charge in [-0.3, -0.25) is 9.78 Å². The SMILES string of the molecule is O=C1c2c(F)cccc2CN1c1cc(F)cc(Oc2cccnc2)c1. The third kappa shape index (κ3) is 2.82. The first kappa shape index (κ1) is 15.3. The van der Waals surface area contributed by atoms with Crippen LogP contribution in [-0.4, -0.2) is 10.9 Å². The average molecular weight is 338 g/mol. The van der Waals surface area contributed by atoms with Gasteiger partial charge in [-0.1, -0.05) is 12.1 Å². The molecule has 0 aliphatic carbocycles. The van der Waals surface area contributed by atoms with Gasteiger partial charge >= 0.3 is 0 Å². The van der Waals surface area contributed by atoms with Gasteiger partial charge in [-0.25, -0.2) is 8.78 Å². The van der Waals surface area contributed by atoms with Crippen LogP contribution in [0.4, 0.5) is 14.5 Å². The topological polar surface area (TPSA) is 42.4 Å². The Hall–Kier alpha value is -3.28. The van der Waals surface area contributed by atoms with Crippen molar-refractivity contribution in [1.29, 1.82) is 0 Å². The normalized spacial score (nSPS) is 13.0. The van der Waals surface area contributed by atoms with E-state index in [0.29, 0.717) is 17.0 Å². The lowest BCUT2D eigenvalue weighted by Crippen LogP contribution is -2.23. The lowest BCUT2D eigenvalue weighted by atomic mass is 10.1. The predicted octanol–water partition coefficient (Wildman–Crippen LogP) is 4.31. The molecule has 2 aromatic carbocycles. The molecule has 0 atom stereocenters. The maximum atomic E-state index is 14.0. The minimum absolute atomic E-state index is 0.0292. The van der Waals surface area contributed by atoms with Crippen LogP contribution in [0.25, 0.3) is 0 Å². The van der Waals surface area contributed by atoms with Crippen molar-refractivity contribution in [3.63, 3.8) is 0 Å². The number of hydrogen-bond donors (Lipinski definition) is 0. The number of rotatable bonds is 3. The van der Waals surface area contributed by atoms with Crippen LogP contribution in [0.3, 0.4) is 0 Å². The highest BCUT2D eigenvalue weighted by Gasteiger charge is 2.31. The standard InChI is InChI=1S/C19H12F2N2O2/c20-13-7-14(9-16(8-13)25-15-4-2-6-22-10-15)23-11-12-3-1-5-17(21)18(12)19(23)24/h1-10H,11H2. The van der Waals surface area contributed by atoms with E-state index in [-0.39, 0.29) is 17.9 Å². The largest absolute Gasteiger partial charge is 0.456 e. The van der Waals surface area contributed by atoms with Crippen LogP contribution in [0.15, 0.2) is 60.9 Å². The molecule has 0 spiro atoms. The fourth-order valence-electron chi connectivity index (χ4n) is 2.83. The minimum atomic E-state index is -0.576. The van der Waals surface area contributed by atoms with E-state index in [2.05, 4.69) is 4.98 Å². The summed E-state index contributed by atoms with van der Waals surface area (Å²) in [7, 11) is 0. The zero-order valence-electron chi connectivity index (χ0n) is 12.9. The van der Waals surface area contributed by atoms with E-state index in [1.165, 1.54) is 35.4 Å². The Balaban J connectivity index is 1.68. The van der Waals surface area contributed by atoms with Crippen molar-refractivity contribution < 1.29 is 18.3 Å². The number of anilines is 1. The number of carbonyl (C=O) groups excluding carboxylic acids is 1. The summed E-state index contributed by atoms with van der Waals surface area (Å²) >= 11 is 0. The third-order valence-electron chi connectivity index (χ3n) is 3.93. The molecule has 6 heteroatoms. The van der Waals surface area contributed by atoms with Crippen molar-refractivity contribution in [3.8, 4) is 11.5 Å². The first-order valence-electron chi connectivity index (χ1n) is 7.59. The van der Waals surface area contributed by atoms with E-state index in [4.69, 9.17) is 4.74 Å². The monoisotopic (exact) mass is 338 g/mol. The first-order valence-corrected chi connectivity index (χ1v) is 7.59. The zero-order chi connectivity index (χ0) is 17.4. The number of aromatic nitrogens is 1. The first-order chi connectivity index (χ1) is 12.1. The van der Waals surface area contributed by atoms with E-state index in [1.54, 1.807) is 30.5 Å². The van der Waals surface area contributed by atoms with Crippen LogP contribution in [-0.2, 0) is 6.54 Å². The van der Waals surface area contributed by atoms with E-state index >= 15 is 0 Å². The highest BCUT2D eigenvalue weighted by Crippen LogP contribution is 2.33. The van der Waals surface area contributed by atoms with E-state index < -0.39 is 17.5 Å². The molecule has 0 N–H and O–H groups in total. The van der Waals surface area contributed by atoms with Gasteiger partial charge in [0.15, 0.2) is 0 Å². The van der Waals surface area contributed by atoms with Gasteiger partial charge in [-0.05, 0) is 29.8 Å². The van der Waals surface area contributed by atoms with Crippen molar-refractivity contribution in [2.45, 2.75) is 6.54 Å². The second-order valence-corrected chi connectivity index (χ2v) is 5.60.